The van der Waals surface area contributed by atoms with Gasteiger partial charge in [0, 0.05) is 4.88 Å². The minimum Gasteiger partial charge on any atom is -0.484 e. The molecule has 1 aromatic heterocycles. The SMILES string of the molecule is CCCCCCCCCCCCCOc1ccc(C(C)(C)C)s1. The lowest BCUT2D eigenvalue weighted by atomic mass is 9.95. The van der Waals surface area contributed by atoms with Crippen LogP contribution >= 0.6 is 11.3 Å². The van der Waals surface area contributed by atoms with Gasteiger partial charge in [-0.25, -0.2) is 0 Å². The van der Waals surface area contributed by atoms with Crippen LogP contribution in [-0.2, 0) is 5.41 Å². The molecule has 0 aromatic carbocycles. The molecule has 1 rings (SSSR count). The predicted molar refractivity (Wildman–Crippen MR) is 105 cm³/mol. The van der Waals surface area contributed by atoms with Gasteiger partial charge in [0.25, 0.3) is 0 Å². The first kappa shape index (κ1) is 20.5. The van der Waals surface area contributed by atoms with Gasteiger partial charge in [0.15, 0.2) is 5.06 Å². The zero-order valence-corrected chi connectivity index (χ0v) is 16.8. The molecule has 0 unspecified atom stereocenters. The Morgan fingerprint density at radius 2 is 1.30 bits per heavy atom. The van der Waals surface area contributed by atoms with Crippen molar-refractivity contribution in [2.75, 3.05) is 6.61 Å². The molecule has 0 amide bonds. The lowest BCUT2D eigenvalue weighted by Crippen LogP contribution is -2.07. The van der Waals surface area contributed by atoms with Crippen molar-refractivity contribution in [2.45, 2.75) is 104 Å². The maximum Gasteiger partial charge on any atom is 0.173 e. The van der Waals surface area contributed by atoms with Crippen molar-refractivity contribution in [2.24, 2.45) is 0 Å². The monoisotopic (exact) mass is 338 g/mol. The Kier molecular flexibility index (Phi) is 10.7. The van der Waals surface area contributed by atoms with Crippen LogP contribution in [-0.4, -0.2) is 6.61 Å². The van der Waals surface area contributed by atoms with Crippen LogP contribution in [0.5, 0.6) is 5.06 Å². The van der Waals surface area contributed by atoms with E-state index < -0.39 is 0 Å². The summed E-state index contributed by atoms with van der Waals surface area (Å²) in [4.78, 5) is 1.41. The molecule has 0 radical (unpaired) electrons. The van der Waals surface area contributed by atoms with Gasteiger partial charge in [0.05, 0.1) is 6.61 Å². The molecule has 0 aliphatic carbocycles. The Bertz CT molecular complexity index is 389. The number of rotatable bonds is 13. The summed E-state index contributed by atoms with van der Waals surface area (Å²) in [5.74, 6) is 0. The summed E-state index contributed by atoms with van der Waals surface area (Å²) < 4.78 is 5.88. The summed E-state index contributed by atoms with van der Waals surface area (Å²) in [6.07, 6.45) is 15.2. The Hall–Kier alpha value is -0.500. The molecule has 1 nitrogen and oxygen atoms in total. The van der Waals surface area contributed by atoms with Crippen LogP contribution in [0.3, 0.4) is 0 Å². The van der Waals surface area contributed by atoms with Gasteiger partial charge in [-0.05, 0) is 24.0 Å². The van der Waals surface area contributed by atoms with Crippen LogP contribution < -0.4 is 4.74 Å². The molecule has 0 saturated carbocycles. The van der Waals surface area contributed by atoms with Gasteiger partial charge in [-0.2, -0.15) is 0 Å². The van der Waals surface area contributed by atoms with Crippen molar-refractivity contribution < 1.29 is 4.74 Å². The van der Waals surface area contributed by atoms with Gasteiger partial charge in [0.1, 0.15) is 0 Å². The van der Waals surface area contributed by atoms with Crippen molar-refractivity contribution in [3.8, 4) is 5.06 Å². The number of unbranched alkanes of at least 4 members (excludes halogenated alkanes) is 10. The molecule has 0 spiro atoms. The van der Waals surface area contributed by atoms with E-state index in [9.17, 15) is 0 Å². The molecule has 0 aliphatic rings. The molecule has 0 saturated heterocycles. The molecular formula is C21H38OS. The fourth-order valence-corrected chi connectivity index (χ4v) is 3.68. The van der Waals surface area contributed by atoms with Crippen molar-refractivity contribution >= 4 is 11.3 Å². The first-order chi connectivity index (χ1) is 11.0. The molecule has 23 heavy (non-hydrogen) atoms. The Labute approximate surface area is 148 Å². The maximum absolute atomic E-state index is 5.88. The summed E-state index contributed by atoms with van der Waals surface area (Å²) in [6.45, 7) is 9.93. The molecule has 0 fully saturated rings. The molecule has 2 heteroatoms. The van der Waals surface area contributed by atoms with E-state index in [-0.39, 0.29) is 5.41 Å². The van der Waals surface area contributed by atoms with E-state index in [4.69, 9.17) is 4.74 Å². The van der Waals surface area contributed by atoms with E-state index >= 15 is 0 Å². The number of hydrogen-bond donors (Lipinski definition) is 0. The first-order valence-electron chi connectivity index (χ1n) is 9.77. The standard InChI is InChI=1S/C21H38OS/c1-5-6-7-8-9-10-11-12-13-14-15-18-22-20-17-16-19(23-20)21(2,3)4/h16-17H,5-15,18H2,1-4H3. The predicted octanol–water partition coefficient (Wildman–Crippen LogP) is 7.74. The Morgan fingerprint density at radius 3 is 1.78 bits per heavy atom. The largest absolute Gasteiger partial charge is 0.484 e. The van der Waals surface area contributed by atoms with Crippen LogP contribution in [0, 0.1) is 0 Å². The zero-order valence-electron chi connectivity index (χ0n) is 16.0. The summed E-state index contributed by atoms with van der Waals surface area (Å²) >= 11 is 1.80. The van der Waals surface area contributed by atoms with E-state index in [0.29, 0.717) is 0 Å². The van der Waals surface area contributed by atoms with Crippen LogP contribution in [0.2, 0.25) is 0 Å². The Balaban J connectivity index is 1.91. The van der Waals surface area contributed by atoms with Gasteiger partial charge in [-0.15, -0.1) is 11.3 Å². The van der Waals surface area contributed by atoms with Crippen LogP contribution in [0.25, 0.3) is 0 Å². The molecular weight excluding hydrogens is 300 g/mol. The van der Waals surface area contributed by atoms with E-state index in [0.717, 1.165) is 11.7 Å². The number of hydrogen-bond acceptors (Lipinski definition) is 2. The van der Waals surface area contributed by atoms with Gasteiger partial charge in [0.2, 0.25) is 0 Å². The maximum atomic E-state index is 5.88. The van der Waals surface area contributed by atoms with Crippen LogP contribution in [0.15, 0.2) is 12.1 Å². The lowest BCUT2D eigenvalue weighted by molar-refractivity contribution is 0.312. The van der Waals surface area contributed by atoms with Crippen LogP contribution in [0.4, 0.5) is 0 Å². The molecule has 0 N–H and O–H groups in total. The second-order valence-corrected chi connectivity index (χ2v) is 8.80. The van der Waals surface area contributed by atoms with Gasteiger partial charge in [-0.3, -0.25) is 0 Å². The van der Waals surface area contributed by atoms with E-state index in [1.165, 1.54) is 75.5 Å². The zero-order chi connectivity index (χ0) is 17.0. The third-order valence-corrected chi connectivity index (χ3v) is 5.74. The summed E-state index contributed by atoms with van der Waals surface area (Å²) in [6, 6.07) is 4.34. The summed E-state index contributed by atoms with van der Waals surface area (Å²) in [5, 5.41) is 1.09. The molecule has 134 valence electrons. The second kappa shape index (κ2) is 11.9. The van der Waals surface area contributed by atoms with Gasteiger partial charge >= 0.3 is 0 Å². The van der Waals surface area contributed by atoms with Crippen molar-refractivity contribution in [1.82, 2.24) is 0 Å². The third-order valence-electron chi connectivity index (χ3n) is 4.31. The highest BCUT2D eigenvalue weighted by Crippen LogP contribution is 2.33. The highest BCUT2D eigenvalue weighted by molar-refractivity contribution is 7.14. The van der Waals surface area contributed by atoms with Crippen LogP contribution in [0.1, 0.15) is 103 Å². The quantitative estimate of drug-likeness (QED) is 0.334. The van der Waals surface area contributed by atoms with Crippen molar-refractivity contribution in [1.29, 1.82) is 0 Å². The minimum atomic E-state index is 0.239. The first-order valence-corrected chi connectivity index (χ1v) is 10.6. The van der Waals surface area contributed by atoms with Crippen molar-refractivity contribution in [3.05, 3.63) is 17.0 Å². The molecule has 1 aromatic rings. The highest BCUT2D eigenvalue weighted by atomic mass is 32.1. The number of ether oxygens (including phenoxy) is 1. The minimum absolute atomic E-state index is 0.239. The lowest BCUT2D eigenvalue weighted by Gasteiger charge is -2.15. The second-order valence-electron chi connectivity index (χ2n) is 7.75. The Morgan fingerprint density at radius 1 is 0.783 bits per heavy atom. The van der Waals surface area contributed by atoms with E-state index in [2.05, 4.69) is 39.8 Å². The fourth-order valence-electron chi connectivity index (χ4n) is 2.74. The molecule has 0 atom stereocenters. The summed E-state index contributed by atoms with van der Waals surface area (Å²) in [7, 11) is 0. The van der Waals surface area contributed by atoms with E-state index in [1.54, 1.807) is 11.3 Å². The smallest absolute Gasteiger partial charge is 0.173 e. The topological polar surface area (TPSA) is 9.23 Å². The fraction of sp³-hybridized carbons (Fsp3) is 0.810. The van der Waals surface area contributed by atoms with Crippen molar-refractivity contribution in [3.63, 3.8) is 0 Å². The van der Waals surface area contributed by atoms with E-state index in [1.807, 2.05) is 0 Å². The van der Waals surface area contributed by atoms with Gasteiger partial charge < -0.3 is 4.74 Å². The van der Waals surface area contributed by atoms with Gasteiger partial charge in [-0.1, -0.05) is 91.9 Å². The normalized spacial score (nSPS) is 11.8. The number of thiophene rings is 1. The average molecular weight is 339 g/mol. The molecule has 0 bridgehead atoms. The third kappa shape index (κ3) is 10.1. The summed E-state index contributed by atoms with van der Waals surface area (Å²) in [5.41, 5.74) is 0.239. The molecule has 0 aliphatic heterocycles. The highest BCUT2D eigenvalue weighted by Gasteiger charge is 2.16. The average Bonchev–Trinajstić information content (AvgIpc) is 2.97. The molecule has 1 heterocycles.